The van der Waals surface area contributed by atoms with Crippen molar-refractivity contribution in [1.29, 1.82) is 5.26 Å². The van der Waals surface area contributed by atoms with Gasteiger partial charge in [-0.25, -0.2) is 0 Å². The molecule has 2 nitrogen and oxygen atoms in total. The summed E-state index contributed by atoms with van der Waals surface area (Å²) in [6.45, 7) is 7.26. The van der Waals surface area contributed by atoms with Gasteiger partial charge in [-0.1, -0.05) is 80.4 Å². The van der Waals surface area contributed by atoms with Crippen molar-refractivity contribution in [2.45, 2.75) is 58.0 Å². The van der Waals surface area contributed by atoms with Gasteiger partial charge in [-0.05, 0) is 49.9 Å². The van der Waals surface area contributed by atoms with E-state index in [0.29, 0.717) is 16.1 Å². The molecule has 2 unspecified atom stereocenters. The van der Waals surface area contributed by atoms with Crippen LogP contribution in [0.4, 0.5) is 0 Å². The number of rotatable bonds is 9. The predicted octanol–water partition coefficient (Wildman–Crippen LogP) is 7.10. The summed E-state index contributed by atoms with van der Waals surface area (Å²) in [5, 5.41) is 11.4. The maximum absolute atomic E-state index is 10.2. The van der Waals surface area contributed by atoms with Crippen LogP contribution in [0.25, 0.3) is 0 Å². The van der Waals surface area contributed by atoms with Gasteiger partial charge in [0, 0.05) is 28.2 Å². The molecule has 0 radical (unpaired) electrons. The molecule has 0 aliphatic heterocycles. The Labute approximate surface area is 180 Å². The molecular weight excluding hydrogens is 387 g/mol. The van der Waals surface area contributed by atoms with Crippen molar-refractivity contribution in [3.8, 4) is 6.07 Å². The van der Waals surface area contributed by atoms with Crippen LogP contribution in [0.15, 0.2) is 48.5 Å². The third-order valence-electron chi connectivity index (χ3n) is 5.84. The first-order valence-corrected chi connectivity index (χ1v) is 10.7. The van der Waals surface area contributed by atoms with Crippen LogP contribution in [0.5, 0.6) is 0 Å². The van der Waals surface area contributed by atoms with E-state index in [1.807, 2.05) is 24.3 Å². The normalized spacial score (nSPS) is 14.7. The highest BCUT2D eigenvalue weighted by Gasteiger charge is 2.39. The Morgan fingerprint density at radius 3 is 2.14 bits per heavy atom. The lowest BCUT2D eigenvalue weighted by molar-refractivity contribution is 0.197. The highest BCUT2D eigenvalue weighted by molar-refractivity contribution is 6.36. The largest absolute Gasteiger partial charge is 0.299 e. The van der Waals surface area contributed by atoms with E-state index < -0.39 is 5.41 Å². The van der Waals surface area contributed by atoms with Crippen LogP contribution in [0.2, 0.25) is 10.0 Å². The van der Waals surface area contributed by atoms with Crippen LogP contribution in [0.1, 0.15) is 51.2 Å². The maximum atomic E-state index is 10.2. The molecule has 0 N–H and O–H groups in total. The summed E-state index contributed by atoms with van der Waals surface area (Å²) < 4.78 is 0. The van der Waals surface area contributed by atoms with Gasteiger partial charge >= 0.3 is 0 Å². The van der Waals surface area contributed by atoms with Crippen LogP contribution in [-0.2, 0) is 12.0 Å². The maximum Gasteiger partial charge on any atom is 0.0874 e. The summed E-state index contributed by atoms with van der Waals surface area (Å²) in [4.78, 5) is 2.38. The van der Waals surface area contributed by atoms with Crippen LogP contribution in [0, 0.1) is 17.2 Å². The Morgan fingerprint density at radius 1 is 1.04 bits per heavy atom. The van der Waals surface area contributed by atoms with Gasteiger partial charge in [0.25, 0.3) is 0 Å². The van der Waals surface area contributed by atoms with Gasteiger partial charge in [-0.3, -0.25) is 4.90 Å². The topological polar surface area (TPSA) is 27.0 Å². The number of benzene rings is 2. The van der Waals surface area contributed by atoms with E-state index >= 15 is 0 Å². The van der Waals surface area contributed by atoms with Gasteiger partial charge in [0.15, 0.2) is 0 Å². The fourth-order valence-corrected chi connectivity index (χ4v) is 4.73. The SMILES string of the molecule is CCC(CCC(C#N)(c1c(Cl)cccc1Cl)C(C)C)N(C)Cc1ccccc1. The van der Waals surface area contributed by atoms with E-state index in [2.05, 4.69) is 63.1 Å². The van der Waals surface area contributed by atoms with E-state index in [-0.39, 0.29) is 5.92 Å². The average Bonchev–Trinajstić information content (AvgIpc) is 2.67. The molecule has 0 saturated heterocycles. The molecule has 2 atom stereocenters. The molecule has 2 rings (SSSR count). The van der Waals surface area contributed by atoms with E-state index in [4.69, 9.17) is 23.2 Å². The Hall–Kier alpha value is -1.53. The smallest absolute Gasteiger partial charge is 0.0874 e. The molecule has 150 valence electrons. The van der Waals surface area contributed by atoms with Crippen molar-refractivity contribution in [3.63, 3.8) is 0 Å². The van der Waals surface area contributed by atoms with Gasteiger partial charge in [-0.15, -0.1) is 0 Å². The van der Waals surface area contributed by atoms with Crippen molar-refractivity contribution >= 4 is 23.2 Å². The molecule has 0 heterocycles. The Morgan fingerprint density at radius 2 is 1.64 bits per heavy atom. The molecule has 2 aromatic rings. The fraction of sp³-hybridized carbons (Fsp3) is 0.458. The molecule has 28 heavy (non-hydrogen) atoms. The lowest BCUT2D eigenvalue weighted by atomic mass is 9.69. The van der Waals surface area contributed by atoms with Gasteiger partial charge in [0.2, 0.25) is 0 Å². The molecule has 2 aromatic carbocycles. The fourth-order valence-electron chi connectivity index (χ4n) is 4.00. The molecule has 0 fully saturated rings. The first-order valence-electron chi connectivity index (χ1n) is 9.95. The quantitative estimate of drug-likeness (QED) is 0.435. The van der Waals surface area contributed by atoms with Gasteiger partial charge < -0.3 is 0 Å². The van der Waals surface area contributed by atoms with Crippen LogP contribution < -0.4 is 0 Å². The Balaban J connectivity index is 2.24. The summed E-state index contributed by atoms with van der Waals surface area (Å²) in [5.41, 5.74) is 1.38. The molecule has 0 aromatic heterocycles. The zero-order valence-corrected chi connectivity index (χ0v) is 18.8. The molecule has 0 bridgehead atoms. The van der Waals surface area contributed by atoms with Crippen LogP contribution in [-0.4, -0.2) is 18.0 Å². The molecule has 0 amide bonds. The molecule has 0 aliphatic carbocycles. The second-order valence-electron chi connectivity index (χ2n) is 7.84. The Kier molecular flexibility index (Phi) is 8.38. The predicted molar refractivity (Wildman–Crippen MR) is 120 cm³/mol. The second-order valence-corrected chi connectivity index (χ2v) is 8.65. The highest BCUT2D eigenvalue weighted by atomic mass is 35.5. The monoisotopic (exact) mass is 416 g/mol. The summed E-state index contributed by atoms with van der Waals surface area (Å²) in [6.07, 6.45) is 2.66. The molecular formula is C24H30Cl2N2. The minimum Gasteiger partial charge on any atom is -0.299 e. The third-order valence-corrected chi connectivity index (χ3v) is 6.47. The molecule has 0 aliphatic rings. The lowest BCUT2D eigenvalue weighted by Gasteiger charge is -2.36. The zero-order valence-electron chi connectivity index (χ0n) is 17.3. The van der Waals surface area contributed by atoms with Gasteiger partial charge in [-0.2, -0.15) is 5.26 Å². The minimum absolute atomic E-state index is 0.104. The summed E-state index contributed by atoms with van der Waals surface area (Å²) >= 11 is 13.0. The van der Waals surface area contributed by atoms with Crippen LogP contribution >= 0.6 is 23.2 Å². The van der Waals surface area contributed by atoms with Crippen molar-refractivity contribution in [3.05, 3.63) is 69.7 Å². The standard InChI is InChI=1S/C24H30Cl2N2/c1-5-20(28(4)16-19-10-7-6-8-11-19)14-15-24(17-27,18(2)3)23-21(25)12-9-13-22(23)26/h6-13,18,20H,5,14-16H2,1-4H3. The number of nitrogens with zero attached hydrogens (tertiary/aromatic N) is 2. The van der Waals surface area contributed by atoms with Crippen molar-refractivity contribution in [2.75, 3.05) is 7.05 Å². The molecule has 0 spiro atoms. The highest BCUT2D eigenvalue weighted by Crippen LogP contribution is 2.44. The second kappa shape index (κ2) is 10.3. The van der Waals surface area contributed by atoms with Crippen molar-refractivity contribution in [1.82, 2.24) is 4.90 Å². The first kappa shape index (κ1) is 22.8. The lowest BCUT2D eigenvalue weighted by Crippen LogP contribution is -2.36. The van der Waals surface area contributed by atoms with E-state index in [9.17, 15) is 5.26 Å². The Bertz CT molecular complexity index is 778. The first-order chi connectivity index (χ1) is 13.4. The van der Waals surface area contributed by atoms with Crippen molar-refractivity contribution in [2.24, 2.45) is 5.92 Å². The van der Waals surface area contributed by atoms with E-state index in [1.54, 1.807) is 0 Å². The van der Waals surface area contributed by atoms with Crippen LogP contribution in [0.3, 0.4) is 0 Å². The summed E-state index contributed by atoms with van der Waals surface area (Å²) in [6, 6.07) is 19.0. The number of halogens is 2. The summed E-state index contributed by atoms with van der Waals surface area (Å²) in [7, 11) is 2.16. The van der Waals surface area contributed by atoms with E-state index in [1.165, 1.54) is 5.56 Å². The molecule has 0 saturated carbocycles. The van der Waals surface area contributed by atoms with Crippen molar-refractivity contribution < 1.29 is 0 Å². The summed E-state index contributed by atoms with van der Waals surface area (Å²) in [5.74, 6) is 0.104. The van der Waals surface area contributed by atoms with Gasteiger partial charge in [0.1, 0.15) is 0 Å². The van der Waals surface area contributed by atoms with Gasteiger partial charge in [0.05, 0.1) is 11.5 Å². The number of hydrogen-bond acceptors (Lipinski definition) is 2. The number of hydrogen-bond donors (Lipinski definition) is 0. The third kappa shape index (κ3) is 5.09. The number of nitriles is 1. The van der Waals surface area contributed by atoms with E-state index in [0.717, 1.165) is 31.4 Å². The minimum atomic E-state index is -0.698. The zero-order chi connectivity index (χ0) is 20.7. The molecule has 4 heteroatoms. The average molecular weight is 417 g/mol.